The summed E-state index contributed by atoms with van der Waals surface area (Å²) in [5.74, 6) is 1.43. The largest absolute Gasteiger partial charge is 0.469 e. The minimum atomic E-state index is -0.366. The minimum absolute atomic E-state index is 0.173. The molecule has 0 amide bonds. The first-order valence-electron chi connectivity index (χ1n) is 6.24. The first-order valence-corrected chi connectivity index (χ1v) is 6.24. The van der Waals surface area contributed by atoms with Crippen molar-refractivity contribution in [2.24, 2.45) is 11.8 Å². The molecule has 0 aromatic carbocycles. The van der Waals surface area contributed by atoms with E-state index in [1.807, 2.05) is 32.9 Å². The summed E-state index contributed by atoms with van der Waals surface area (Å²) >= 11 is 0. The van der Waals surface area contributed by atoms with Crippen molar-refractivity contribution in [1.29, 1.82) is 0 Å². The molecule has 1 unspecified atom stereocenters. The fourth-order valence-electron chi connectivity index (χ4n) is 2.76. The molecule has 0 N–H and O–H groups in total. The Morgan fingerprint density at radius 2 is 2.06 bits per heavy atom. The van der Waals surface area contributed by atoms with Crippen molar-refractivity contribution in [2.75, 3.05) is 20.3 Å². The Kier molecular flexibility index (Phi) is 3.48. The molecule has 0 bridgehead atoms. The van der Waals surface area contributed by atoms with Crippen LogP contribution in [0, 0.1) is 18.8 Å². The summed E-state index contributed by atoms with van der Waals surface area (Å²) < 4.78 is 16.0. The zero-order valence-electron chi connectivity index (χ0n) is 11.4. The van der Waals surface area contributed by atoms with E-state index in [0.717, 1.165) is 11.5 Å². The number of carbonyl (C=O) groups is 1. The van der Waals surface area contributed by atoms with Crippen molar-refractivity contribution in [1.82, 2.24) is 0 Å². The average Bonchev–Trinajstić information content (AvgIpc) is 2.68. The second-order valence-electron chi connectivity index (χ2n) is 5.30. The van der Waals surface area contributed by atoms with Crippen LogP contribution in [0.4, 0.5) is 0 Å². The molecule has 1 atom stereocenters. The zero-order valence-corrected chi connectivity index (χ0v) is 11.4. The van der Waals surface area contributed by atoms with Gasteiger partial charge in [-0.3, -0.25) is 4.79 Å². The van der Waals surface area contributed by atoms with E-state index in [-0.39, 0.29) is 23.2 Å². The molecule has 1 aliphatic heterocycles. The quantitative estimate of drug-likeness (QED) is 0.771. The van der Waals surface area contributed by atoms with Gasteiger partial charge in [0.25, 0.3) is 0 Å². The minimum Gasteiger partial charge on any atom is -0.469 e. The van der Waals surface area contributed by atoms with Crippen LogP contribution in [-0.2, 0) is 19.7 Å². The van der Waals surface area contributed by atoms with Crippen molar-refractivity contribution < 1.29 is 18.7 Å². The Labute approximate surface area is 107 Å². The van der Waals surface area contributed by atoms with Crippen LogP contribution in [-0.4, -0.2) is 26.3 Å². The summed E-state index contributed by atoms with van der Waals surface area (Å²) in [4.78, 5) is 12.1. The van der Waals surface area contributed by atoms with Crippen LogP contribution in [0.1, 0.15) is 25.4 Å². The molecule has 4 heteroatoms. The van der Waals surface area contributed by atoms with Crippen LogP contribution in [0.25, 0.3) is 0 Å². The Morgan fingerprint density at radius 3 is 2.39 bits per heavy atom. The van der Waals surface area contributed by atoms with E-state index in [1.54, 1.807) is 0 Å². The SMILES string of the molecule is COC(=O)C(C(C)C)C1(c2ccc(C)o2)COC1. The normalized spacial score (nSPS) is 19.4. The fraction of sp³-hybridized carbons (Fsp3) is 0.643. The van der Waals surface area contributed by atoms with Gasteiger partial charge in [0, 0.05) is 0 Å². The third-order valence-corrected chi connectivity index (χ3v) is 3.67. The van der Waals surface area contributed by atoms with Crippen molar-refractivity contribution in [3.05, 3.63) is 23.7 Å². The van der Waals surface area contributed by atoms with Crippen molar-refractivity contribution in [3.8, 4) is 0 Å². The van der Waals surface area contributed by atoms with E-state index < -0.39 is 0 Å². The molecule has 0 radical (unpaired) electrons. The molecule has 2 heterocycles. The molecule has 0 saturated carbocycles. The van der Waals surface area contributed by atoms with Gasteiger partial charge in [0.05, 0.1) is 31.7 Å². The highest BCUT2D eigenvalue weighted by atomic mass is 16.5. The van der Waals surface area contributed by atoms with Gasteiger partial charge in [-0.25, -0.2) is 0 Å². The predicted octanol–water partition coefficient (Wildman–Crippen LogP) is 2.30. The maximum absolute atomic E-state index is 12.1. The standard InChI is InChI=1S/C14H20O4/c1-9(2)12(13(15)16-4)14(7-17-8-14)11-6-5-10(3)18-11/h5-6,9,12H,7-8H2,1-4H3. The van der Waals surface area contributed by atoms with Crippen LogP contribution < -0.4 is 0 Å². The van der Waals surface area contributed by atoms with Crippen LogP contribution in [0.15, 0.2) is 16.5 Å². The highest BCUT2D eigenvalue weighted by Gasteiger charge is 2.54. The molecule has 18 heavy (non-hydrogen) atoms. The van der Waals surface area contributed by atoms with Gasteiger partial charge in [-0.1, -0.05) is 13.8 Å². The van der Waals surface area contributed by atoms with Gasteiger partial charge in [0.2, 0.25) is 0 Å². The van der Waals surface area contributed by atoms with Gasteiger partial charge < -0.3 is 13.9 Å². The number of ether oxygens (including phenoxy) is 2. The topological polar surface area (TPSA) is 48.7 Å². The van der Waals surface area contributed by atoms with Gasteiger partial charge in [-0.05, 0) is 25.0 Å². The van der Waals surface area contributed by atoms with Crippen LogP contribution in [0.3, 0.4) is 0 Å². The third-order valence-electron chi connectivity index (χ3n) is 3.67. The lowest BCUT2D eigenvalue weighted by Gasteiger charge is -2.45. The molecule has 1 fully saturated rings. The van der Waals surface area contributed by atoms with Crippen molar-refractivity contribution in [2.45, 2.75) is 26.2 Å². The number of furan rings is 1. The second-order valence-corrected chi connectivity index (χ2v) is 5.30. The predicted molar refractivity (Wildman–Crippen MR) is 66.3 cm³/mol. The van der Waals surface area contributed by atoms with Crippen molar-refractivity contribution in [3.63, 3.8) is 0 Å². The fourth-order valence-corrected chi connectivity index (χ4v) is 2.76. The monoisotopic (exact) mass is 252 g/mol. The number of methoxy groups -OCH3 is 1. The molecule has 0 aliphatic carbocycles. The molecule has 1 aromatic heterocycles. The number of aryl methyl sites for hydroxylation is 1. The summed E-state index contributed by atoms with van der Waals surface area (Å²) in [7, 11) is 1.43. The number of carbonyl (C=O) groups excluding carboxylic acids is 1. The second kappa shape index (κ2) is 4.76. The maximum Gasteiger partial charge on any atom is 0.310 e. The number of hydrogen-bond donors (Lipinski definition) is 0. The molecule has 100 valence electrons. The van der Waals surface area contributed by atoms with E-state index in [1.165, 1.54) is 7.11 Å². The first kappa shape index (κ1) is 13.1. The molecule has 4 nitrogen and oxygen atoms in total. The number of rotatable bonds is 4. The van der Waals surface area contributed by atoms with Gasteiger partial charge in [-0.2, -0.15) is 0 Å². The molecule has 1 saturated heterocycles. The molecular formula is C14H20O4. The van der Waals surface area contributed by atoms with Gasteiger partial charge >= 0.3 is 5.97 Å². The Bertz CT molecular complexity index is 429. The van der Waals surface area contributed by atoms with Crippen LogP contribution in [0.2, 0.25) is 0 Å². The Morgan fingerprint density at radius 1 is 1.39 bits per heavy atom. The Hall–Kier alpha value is -1.29. The molecule has 0 spiro atoms. The summed E-state index contributed by atoms with van der Waals surface area (Å²) in [6, 6.07) is 3.86. The average molecular weight is 252 g/mol. The van der Waals surface area contributed by atoms with Crippen LogP contribution >= 0.6 is 0 Å². The van der Waals surface area contributed by atoms with E-state index in [9.17, 15) is 4.79 Å². The molecule has 1 aromatic rings. The van der Waals surface area contributed by atoms with Gasteiger partial charge in [0.15, 0.2) is 0 Å². The molecule has 2 rings (SSSR count). The van der Waals surface area contributed by atoms with Crippen LogP contribution in [0.5, 0.6) is 0 Å². The summed E-state index contributed by atoms with van der Waals surface area (Å²) in [5.41, 5.74) is -0.366. The highest BCUT2D eigenvalue weighted by molar-refractivity contribution is 5.75. The van der Waals surface area contributed by atoms with E-state index >= 15 is 0 Å². The zero-order chi connectivity index (χ0) is 13.3. The number of hydrogen-bond acceptors (Lipinski definition) is 4. The smallest absolute Gasteiger partial charge is 0.310 e. The highest BCUT2D eigenvalue weighted by Crippen LogP contribution is 2.44. The summed E-state index contributed by atoms with van der Waals surface area (Å²) in [5, 5.41) is 0. The lowest BCUT2D eigenvalue weighted by atomic mass is 9.67. The van der Waals surface area contributed by atoms with Crippen molar-refractivity contribution >= 4 is 5.97 Å². The molecular weight excluding hydrogens is 232 g/mol. The Balaban J connectivity index is 2.38. The first-order chi connectivity index (χ1) is 8.51. The summed E-state index contributed by atoms with van der Waals surface area (Å²) in [6.45, 7) is 6.98. The van der Waals surface area contributed by atoms with E-state index in [2.05, 4.69) is 0 Å². The lowest BCUT2D eigenvalue weighted by Crippen LogP contribution is -2.56. The van der Waals surface area contributed by atoms with E-state index in [0.29, 0.717) is 13.2 Å². The lowest BCUT2D eigenvalue weighted by molar-refractivity contribution is -0.166. The van der Waals surface area contributed by atoms with Gasteiger partial charge in [0.1, 0.15) is 11.5 Å². The maximum atomic E-state index is 12.1. The molecule has 1 aliphatic rings. The van der Waals surface area contributed by atoms with Gasteiger partial charge in [-0.15, -0.1) is 0 Å². The third kappa shape index (κ3) is 1.94. The summed E-state index contributed by atoms with van der Waals surface area (Å²) in [6.07, 6.45) is 0. The van der Waals surface area contributed by atoms with E-state index in [4.69, 9.17) is 13.9 Å². The number of esters is 1.